The van der Waals surface area contributed by atoms with Crippen LogP contribution in [0.5, 0.6) is 5.75 Å². The van der Waals surface area contributed by atoms with Crippen LogP contribution in [0.15, 0.2) is 18.5 Å². The fourth-order valence-electron chi connectivity index (χ4n) is 1.57. The van der Waals surface area contributed by atoms with Crippen molar-refractivity contribution in [3.63, 3.8) is 0 Å². The maximum Gasteiger partial charge on any atom is 0.138 e. The second-order valence-corrected chi connectivity index (χ2v) is 5.55. The zero-order valence-corrected chi connectivity index (χ0v) is 11.9. The molecule has 0 bridgehead atoms. The highest BCUT2D eigenvalue weighted by molar-refractivity contribution is 6.20. The molecule has 1 atom stereocenters. The first kappa shape index (κ1) is 14.3. The van der Waals surface area contributed by atoms with Gasteiger partial charge in [-0.05, 0) is 44.2 Å². The summed E-state index contributed by atoms with van der Waals surface area (Å²) in [5, 5.41) is 0.227. The average molecular weight is 256 g/mol. The number of ether oxygens (including phenoxy) is 1. The van der Waals surface area contributed by atoms with Gasteiger partial charge in [-0.25, -0.2) is 0 Å². The van der Waals surface area contributed by atoms with Gasteiger partial charge in [-0.1, -0.05) is 13.8 Å². The first-order chi connectivity index (χ1) is 7.99. The van der Waals surface area contributed by atoms with Crippen molar-refractivity contribution in [2.24, 2.45) is 5.92 Å². The monoisotopic (exact) mass is 255 g/mol. The fraction of sp³-hybridized carbons (Fsp3) is 0.643. The van der Waals surface area contributed by atoms with Gasteiger partial charge in [0.25, 0.3) is 0 Å². The van der Waals surface area contributed by atoms with Crippen molar-refractivity contribution >= 4 is 11.6 Å². The largest absolute Gasteiger partial charge is 0.489 e. The van der Waals surface area contributed by atoms with Gasteiger partial charge in [0.1, 0.15) is 5.75 Å². The highest BCUT2D eigenvalue weighted by Crippen LogP contribution is 2.19. The van der Waals surface area contributed by atoms with E-state index >= 15 is 0 Å². The lowest BCUT2D eigenvalue weighted by Gasteiger charge is -2.13. The first-order valence-electron chi connectivity index (χ1n) is 6.23. The van der Waals surface area contributed by atoms with Crippen LogP contribution in [0.4, 0.5) is 0 Å². The molecule has 1 unspecified atom stereocenters. The topological polar surface area (TPSA) is 22.1 Å². The summed E-state index contributed by atoms with van der Waals surface area (Å²) in [7, 11) is 0. The Balaban J connectivity index is 2.54. The second-order valence-electron chi connectivity index (χ2n) is 4.99. The summed E-state index contributed by atoms with van der Waals surface area (Å²) < 4.78 is 5.61. The zero-order chi connectivity index (χ0) is 12.8. The molecule has 0 saturated heterocycles. The summed E-state index contributed by atoms with van der Waals surface area (Å²) in [5.41, 5.74) is 1.19. The molecule has 2 nitrogen and oxygen atoms in total. The molecule has 0 aromatic carbocycles. The Kier molecular flexibility index (Phi) is 5.76. The van der Waals surface area contributed by atoms with E-state index in [1.807, 2.05) is 20.0 Å². The Morgan fingerprint density at radius 3 is 2.53 bits per heavy atom. The van der Waals surface area contributed by atoms with Crippen LogP contribution in [0.1, 0.15) is 39.7 Å². The number of hydrogen-bond donors (Lipinski definition) is 0. The average Bonchev–Trinajstić information content (AvgIpc) is 2.25. The minimum absolute atomic E-state index is 0.184. The normalized spacial score (nSPS) is 13.1. The molecule has 0 aliphatic rings. The quantitative estimate of drug-likeness (QED) is 0.715. The van der Waals surface area contributed by atoms with Crippen molar-refractivity contribution in [3.05, 3.63) is 24.0 Å². The second kappa shape index (κ2) is 6.85. The minimum Gasteiger partial charge on any atom is -0.489 e. The Labute approximate surface area is 109 Å². The summed E-state index contributed by atoms with van der Waals surface area (Å²) >= 11 is 6.24. The van der Waals surface area contributed by atoms with Crippen LogP contribution in [-0.4, -0.2) is 16.5 Å². The maximum absolute atomic E-state index is 6.24. The van der Waals surface area contributed by atoms with E-state index in [-0.39, 0.29) is 11.5 Å². The Morgan fingerprint density at radius 1 is 1.24 bits per heavy atom. The summed E-state index contributed by atoms with van der Waals surface area (Å²) in [5.74, 6) is 1.35. The van der Waals surface area contributed by atoms with Gasteiger partial charge in [-0.15, -0.1) is 11.6 Å². The van der Waals surface area contributed by atoms with Crippen LogP contribution < -0.4 is 4.74 Å². The van der Waals surface area contributed by atoms with Crippen LogP contribution in [0, 0.1) is 5.92 Å². The van der Waals surface area contributed by atoms with Crippen molar-refractivity contribution in [2.75, 3.05) is 0 Å². The highest BCUT2D eigenvalue weighted by Gasteiger charge is 2.10. The number of halogens is 1. The molecule has 0 radical (unpaired) electrons. The fourth-order valence-corrected chi connectivity index (χ4v) is 1.68. The van der Waals surface area contributed by atoms with Crippen LogP contribution in [0.3, 0.4) is 0 Å². The van der Waals surface area contributed by atoms with Gasteiger partial charge >= 0.3 is 0 Å². The predicted octanol–water partition coefficient (Wildman–Crippen LogP) is 4.06. The molecule has 1 heterocycles. The molecule has 96 valence electrons. The third-order valence-electron chi connectivity index (χ3n) is 2.57. The number of aryl methyl sites for hydroxylation is 1. The van der Waals surface area contributed by atoms with E-state index in [1.54, 1.807) is 6.20 Å². The molecular formula is C14H22ClNO. The van der Waals surface area contributed by atoms with Gasteiger partial charge in [-0.2, -0.15) is 0 Å². The van der Waals surface area contributed by atoms with Gasteiger partial charge in [0, 0.05) is 11.6 Å². The van der Waals surface area contributed by atoms with Crippen LogP contribution >= 0.6 is 11.6 Å². The van der Waals surface area contributed by atoms with Crippen LogP contribution in [0.2, 0.25) is 0 Å². The van der Waals surface area contributed by atoms with Crippen molar-refractivity contribution in [1.29, 1.82) is 0 Å². The standard InChI is InChI=1S/C14H22ClNO/c1-10(2)14(15)6-5-12-7-13(9-16-8-12)17-11(3)4/h7-11,14H,5-6H2,1-4H3. The number of rotatable bonds is 6. The minimum atomic E-state index is 0.184. The zero-order valence-electron chi connectivity index (χ0n) is 11.1. The third-order valence-corrected chi connectivity index (χ3v) is 3.30. The van der Waals surface area contributed by atoms with Crippen LogP contribution in [-0.2, 0) is 6.42 Å². The number of alkyl halides is 1. The highest BCUT2D eigenvalue weighted by atomic mass is 35.5. The van der Waals surface area contributed by atoms with Crippen LogP contribution in [0.25, 0.3) is 0 Å². The van der Waals surface area contributed by atoms with Crippen molar-refractivity contribution in [1.82, 2.24) is 4.98 Å². The number of hydrogen-bond acceptors (Lipinski definition) is 2. The van der Waals surface area contributed by atoms with E-state index in [4.69, 9.17) is 16.3 Å². The summed E-state index contributed by atoms with van der Waals surface area (Å²) in [6.07, 6.45) is 5.76. The smallest absolute Gasteiger partial charge is 0.138 e. The molecule has 0 spiro atoms. The van der Waals surface area contributed by atoms with E-state index in [0.717, 1.165) is 18.6 Å². The SMILES string of the molecule is CC(C)Oc1cncc(CCC(Cl)C(C)C)c1. The molecule has 1 aromatic heterocycles. The lowest BCUT2D eigenvalue weighted by Crippen LogP contribution is -2.09. The molecule has 0 aliphatic carbocycles. The van der Waals surface area contributed by atoms with E-state index < -0.39 is 0 Å². The Morgan fingerprint density at radius 2 is 1.94 bits per heavy atom. The molecule has 0 aliphatic heterocycles. The summed E-state index contributed by atoms with van der Waals surface area (Å²) in [6.45, 7) is 8.32. The molecular weight excluding hydrogens is 234 g/mol. The Hall–Kier alpha value is -0.760. The van der Waals surface area contributed by atoms with Crippen molar-refractivity contribution < 1.29 is 4.74 Å². The predicted molar refractivity (Wildman–Crippen MR) is 72.8 cm³/mol. The molecule has 1 aromatic rings. The maximum atomic E-state index is 6.24. The van der Waals surface area contributed by atoms with Gasteiger partial charge in [0.2, 0.25) is 0 Å². The molecule has 0 saturated carbocycles. The molecule has 0 fully saturated rings. The summed E-state index contributed by atoms with van der Waals surface area (Å²) in [4.78, 5) is 4.19. The number of pyridine rings is 1. The van der Waals surface area contributed by atoms with E-state index in [9.17, 15) is 0 Å². The number of nitrogens with zero attached hydrogens (tertiary/aromatic N) is 1. The number of aromatic nitrogens is 1. The lowest BCUT2D eigenvalue weighted by atomic mass is 10.0. The van der Waals surface area contributed by atoms with Gasteiger partial charge in [-0.3, -0.25) is 4.98 Å². The third kappa shape index (κ3) is 5.40. The molecule has 0 N–H and O–H groups in total. The van der Waals surface area contributed by atoms with E-state index in [2.05, 4.69) is 24.9 Å². The molecule has 17 heavy (non-hydrogen) atoms. The van der Waals surface area contributed by atoms with E-state index in [1.165, 1.54) is 5.56 Å². The van der Waals surface area contributed by atoms with E-state index in [0.29, 0.717) is 5.92 Å². The lowest BCUT2D eigenvalue weighted by molar-refractivity contribution is 0.241. The Bertz CT molecular complexity index is 339. The van der Waals surface area contributed by atoms with Gasteiger partial charge in [0.05, 0.1) is 12.3 Å². The van der Waals surface area contributed by atoms with Gasteiger partial charge < -0.3 is 4.74 Å². The van der Waals surface area contributed by atoms with Crippen molar-refractivity contribution in [3.8, 4) is 5.75 Å². The van der Waals surface area contributed by atoms with Gasteiger partial charge in [0.15, 0.2) is 0 Å². The first-order valence-corrected chi connectivity index (χ1v) is 6.67. The van der Waals surface area contributed by atoms with Crippen molar-refractivity contribution in [2.45, 2.75) is 52.0 Å². The summed E-state index contributed by atoms with van der Waals surface area (Å²) in [6, 6.07) is 2.05. The molecule has 3 heteroatoms. The molecule has 1 rings (SSSR count). The molecule has 0 amide bonds.